The topological polar surface area (TPSA) is 23.5 Å². The molecule has 0 aromatic carbocycles. The quantitative estimate of drug-likeness (QED) is 0.710. The molecule has 0 radical (unpaired) electrons. The first kappa shape index (κ1) is 12.0. The van der Waals surface area contributed by atoms with Crippen LogP contribution in [0.1, 0.15) is 52.4 Å². The Morgan fingerprint density at radius 1 is 1.21 bits per heavy atom. The van der Waals surface area contributed by atoms with Crippen LogP contribution in [0.4, 0.5) is 0 Å². The first-order valence-corrected chi connectivity index (χ1v) is 6.20. The van der Waals surface area contributed by atoms with Crippen molar-refractivity contribution in [2.45, 2.75) is 64.5 Å². The second-order valence-corrected chi connectivity index (χ2v) is 4.53. The van der Waals surface area contributed by atoms with E-state index in [1.807, 2.05) is 0 Å². The van der Waals surface area contributed by atoms with Gasteiger partial charge in [0.05, 0.1) is 6.10 Å². The number of aliphatic hydroxyl groups excluding tert-OH is 1. The Morgan fingerprint density at radius 3 is 2.57 bits per heavy atom. The SMILES string of the molecule is CCCC[C@H]1C[C@H](O)CN1CCCC. The largest absolute Gasteiger partial charge is 0.392 e. The molecule has 84 valence electrons. The van der Waals surface area contributed by atoms with E-state index in [-0.39, 0.29) is 6.10 Å². The molecule has 1 saturated heterocycles. The van der Waals surface area contributed by atoms with Gasteiger partial charge in [-0.05, 0) is 25.8 Å². The molecule has 1 heterocycles. The van der Waals surface area contributed by atoms with Crippen molar-refractivity contribution in [1.82, 2.24) is 4.90 Å². The normalized spacial score (nSPS) is 28.5. The van der Waals surface area contributed by atoms with Crippen molar-refractivity contribution < 1.29 is 5.11 Å². The summed E-state index contributed by atoms with van der Waals surface area (Å²) in [6.45, 7) is 6.56. The second kappa shape index (κ2) is 6.41. The van der Waals surface area contributed by atoms with Crippen molar-refractivity contribution in [3.05, 3.63) is 0 Å². The molecule has 0 saturated carbocycles. The molecule has 2 nitrogen and oxygen atoms in total. The van der Waals surface area contributed by atoms with Crippen LogP contribution in [0.5, 0.6) is 0 Å². The highest BCUT2D eigenvalue weighted by atomic mass is 16.3. The van der Waals surface area contributed by atoms with Crippen molar-refractivity contribution >= 4 is 0 Å². The van der Waals surface area contributed by atoms with Crippen LogP contribution in [0.3, 0.4) is 0 Å². The molecule has 1 aliphatic heterocycles. The highest BCUT2D eigenvalue weighted by molar-refractivity contribution is 4.84. The maximum atomic E-state index is 9.63. The summed E-state index contributed by atoms with van der Waals surface area (Å²) in [5.41, 5.74) is 0. The van der Waals surface area contributed by atoms with Gasteiger partial charge < -0.3 is 5.11 Å². The van der Waals surface area contributed by atoms with Gasteiger partial charge in [0.15, 0.2) is 0 Å². The molecule has 2 heteroatoms. The number of likely N-dealkylation sites (tertiary alicyclic amines) is 1. The number of hydrogen-bond acceptors (Lipinski definition) is 2. The molecule has 2 atom stereocenters. The summed E-state index contributed by atoms with van der Waals surface area (Å²) in [6.07, 6.45) is 7.33. The van der Waals surface area contributed by atoms with Crippen LogP contribution in [0.2, 0.25) is 0 Å². The number of β-amino-alcohol motifs (C(OH)–C–C–N with tert-alkyl or cyclic N) is 1. The third-order valence-electron chi connectivity index (χ3n) is 3.20. The third-order valence-corrected chi connectivity index (χ3v) is 3.20. The fourth-order valence-corrected chi connectivity index (χ4v) is 2.33. The van der Waals surface area contributed by atoms with Gasteiger partial charge in [-0.15, -0.1) is 0 Å². The summed E-state index contributed by atoms with van der Waals surface area (Å²) in [7, 11) is 0. The smallest absolute Gasteiger partial charge is 0.0682 e. The molecule has 0 aromatic rings. The fourth-order valence-electron chi connectivity index (χ4n) is 2.33. The van der Waals surface area contributed by atoms with Gasteiger partial charge in [0.1, 0.15) is 0 Å². The minimum Gasteiger partial charge on any atom is -0.392 e. The standard InChI is InChI=1S/C12H25NO/c1-3-5-7-11-9-12(14)10-13(11)8-6-4-2/h11-12,14H,3-10H2,1-2H3/t11-,12-/m0/s1. The lowest BCUT2D eigenvalue weighted by molar-refractivity contribution is 0.174. The van der Waals surface area contributed by atoms with E-state index in [0.29, 0.717) is 6.04 Å². The summed E-state index contributed by atoms with van der Waals surface area (Å²) in [5.74, 6) is 0. The number of nitrogens with zero attached hydrogens (tertiary/aromatic N) is 1. The zero-order valence-electron chi connectivity index (χ0n) is 9.71. The van der Waals surface area contributed by atoms with Crippen LogP contribution in [0.15, 0.2) is 0 Å². The third kappa shape index (κ3) is 3.58. The summed E-state index contributed by atoms with van der Waals surface area (Å²) in [6, 6.07) is 0.663. The molecule has 0 aliphatic carbocycles. The lowest BCUT2D eigenvalue weighted by Crippen LogP contribution is -2.30. The first-order valence-electron chi connectivity index (χ1n) is 6.20. The monoisotopic (exact) mass is 199 g/mol. The van der Waals surface area contributed by atoms with E-state index in [1.165, 1.54) is 38.6 Å². The van der Waals surface area contributed by atoms with Crippen molar-refractivity contribution in [2.75, 3.05) is 13.1 Å². The Labute approximate surface area is 88.3 Å². The number of unbranched alkanes of at least 4 members (excludes halogenated alkanes) is 2. The predicted octanol–water partition coefficient (Wildman–Crippen LogP) is 2.41. The van der Waals surface area contributed by atoms with E-state index >= 15 is 0 Å². The average Bonchev–Trinajstić information content (AvgIpc) is 2.52. The van der Waals surface area contributed by atoms with E-state index < -0.39 is 0 Å². The van der Waals surface area contributed by atoms with Gasteiger partial charge in [0.25, 0.3) is 0 Å². The van der Waals surface area contributed by atoms with Gasteiger partial charge in [-0.1, -0.05) is 33.1 Å². The lowest BCUT2D eigenvalue weighted by atomic mass is 10.1. The maximum Gasteiger partial charge on any atom is 0.0682 e. The molecular weight excluding hydrogens is 174 g/mol. The maximum absolute atomic E-state index is 9.63. The van der Waals surface area contributed by atoms with Crippen LogP contribution in [-0.4, -0.2) is 35.2 Å². The number of rotatable bonds is 6. The molecule has 0 unspecified atom stereocenters. The molecule has 0 aromatic heterocycles. The van der Waals surface area contributed by atoms with Crippen molar-refractivity contribution in [1.29, 1.82) is 0 Å². The number of aliphatic hydroxyl groups is 1. The molecule has 0 spiro atoms. The van der Waals surface area contributed by atoms with E-state index in [1.54, 1.807) is 0 Å². The first-order chi connectivity index (χ1) is 6.77. The summed E-state index contributed by atoms with van der Waals surface area (Å²) < 4.78 is 0. The average molecular weight is 199 g/mol. The van der Waals surface area contributed by atoms with Gasteiger partial charge in [-0.2, -0.15) is 0 Å². The predicted molar refractivity (Wildman–Crippen MR) is 60.4 cm³/mol. The zero-order chi connectivity index (χ0) is 10.4. The molecule has 1 N–H and O–H groups in total. The Morgan fingerprint density at radius 2 is 1.93 bits per heavy atom. The van der Waals surface area contributed by atoms with Crippen LogP contribution in [0.25, 0.3) is 0 Å². The van der Waals surface area contributed by atoms with Crippen molar-refractivity contribution in [3.63, 3.8) is 0 Å². The molecule has 14 heavy (non-hydrogen) atoms. The molecule has 0 amide bonds. The van der Waals surface area contributed by atoms with Crippen LogP contribution in [-0.2, 0) is 0 Å². The van der Waals surface area contributed by atoms with Gasteiger partial charge in [0.2, 0.25) is 0 Å². The van der Waals surface area contributed by atoms with Gasteiger partial charge in [0, 0.05) is 12.6 Å². The van der Waals surface area contributed by atoms with Crippen LogP contribution in [0, 0.1) is 0 Å². The molecule has 1 fully saturated rings. The molecule has 0 bridgehead atoms. The van der Waals surface area contributed by atoms with E-state index in [0.717, 1.165) is 13.0 Å². The summed E-state index contributed by atoms with van der Waals surface area (Å²) in [4.78, 5) is 2.49. The van der Waals surface area contributed by atoms with Gasteiger partial charge >= 0.3 is 0 Å². The van der Waals surface area contributed by atoms with Crippen molar-refractivity contribution in [3.8, 4) is 0 Å². The lowest BCUT2D eigenvalue weighted by Gasteiger charge is -2.23. The van der Waals surface area contributed by atoms with Crippen LogP contribution >= 0.6 is 0 Å². The van der Waals surface area contributed by atoms with Crippen LogP contribution < -0.4 is 0 Å². The highest BCUT2D eigenvalue weighted by Crippen LogP contribution is 2.22. The summed E-state index contributed by atoms with van der Waals surface area (Å²) in [5, 5.41) is 9.63. The molecule has 1 rings (SSSR count). The number of hydrogen-bond donors (Lipinski definition) is 1. The molecule has 1 aliphatic rings. The second-order valence-electron chi connectivity index (χ2n) is 4.53. The van der Waals surface area contributed by atoms with E-state index in [2.05, 4.69) is 18.7 Å². The summed E-state index contributed by atoms with van der Waals surface area (Å²) >= 11 is 0. The van der Waals surface area contributed by atoms with Crippen molar-refractivity contribution in [2.24, 2.45) is 0 Å². The Kier molecular flexibility index (Phi) is 5.49. The minimum atomic E-state index is -0.0614. The Balaban J connectivity index is 2.29. The Bertz CT molecular complexity index is 133. The highest BCUT2D eigenvalue weighted by Gasteiger charge is 2.29. The fraction of sp³-hybridized carbons (Fsp3) is 1.00. The minimum absolute atomic E-state index is 0.0614. The van der Waals surface area contributed by atoms with E-state index in [4.69, 9.17) is 0 Å². The van der Waals surface area contributed by atoms with Gasteiger partial charge in [-0.3, -0.25) is 4.90 Å². The van der Waals surface area contributed by atoms with Gasteiger partial charge in [-0.25, -0.2) is 0 Å². The van der Waals surface area contributed by atoms with E-state index in [9.17, 15) is 5.11 Å². The zero-order valence-corrected chi connectivity index (χ0v) is 9.71. The Hall–Kier alpha value is -0.0800. The molecular formula is C12H25NO.